The Morgan fingerprint density at radius 2 is 1.71 bits per heavy atom. The van der Waals surface area contributed by atoms with Gasteiger partial charge in [0.25, 0.3) is 5.91 Å². The predicted molar refractivity (Wildman–Crippen MR) is 124 cm³/mol. The number of likely N-dealkylation sites (tertiary alicyclic amines) is 1. The van der Waals surface area contributed by atoms with Crippen molar-refractivity contribution in [3.05, 3.63) is 33.8 Å². The van der Waals surface area contributed by atoms with Gasteiger partial charge in [0, 0.05) is 30.6 Å². The van der Waals surface area contributed by atoms with Gasteiger partial charge in [0.15, 0.2) is 0 Å². The van der Waals surface area contributed by atoms with E-state index in [1.54, 1.807) is 12.1 Å². The summed E-state index contributed by atoms with van der Waals surface area (Å²) < 4.78 is 0. The van der Waals surface area contributed by atoms with E-state index in [4.69, 9.17) is 23.2 Å². The number of nitrogens with one attached hydrogen (secondary N) is 2. The largest absolute Gasteiger partial charge is 0.351 e. The molecule has 0 bridgehead atoms. The minimum absolute atomic E-state index is 0.0127. The second-order valence-electron chi connectivity index (χ2n) is 9.04. The third kappa shape index (κ3) is 8.00. The molecule has 1 aliphatic rings. The Morgan fingerprint density at radius 1 is 1.06 bits per heavy atom. The molecule has 0 radical (unpaired) electrons. The first-order valence-electron chi connectivity index (χ1n) is 10.9. The molecule has 1 aliphatic heterocycles. The molecular weight excluding hydrogens is 437 g/mol. The number of rotatable bonds is 8. The molecule has 2 rings (SSSR count). The summed E-state index contributed by atoms with van der Waals surface area (Å²) in [5, 5.41) is 6.56. The Bertz CT molecular complexity index is 790. The lowest BCUT2D eigenvalue weighted by atomic mass is 10.00. The van der Waals surface area contributed by atoms with Crippen LogP contribution in [0.25, 0.3) is 0 Å². The molecule has 0 saturated carbocycles. The highest BCUT2D eigenvalue weighted by molar-refractivity contribution is 6.36. The SMILES string of the molecule is CC(C)CC(=O)N1CCC(NC(=O)C(CC(C)C)NC(=O)c2ccc(Cl)cc2Cl)CC1. The Labute approximate surface area is 195 Å². The van der Waals surface area contributed by atoms with E-state index >= 15 is 0 Å². The highest BCUT2D eigenvalue weighted by Crippen LogP contribution is 2.21. The third-order valence-corrected chi connectivity index (χ3v) is 5.83. The second-order valence-corrected chi connectivity index (χ2v) is 9.89. The van der Waals surface area contributed by atoms with Gasteiger partial charge >= 0.3 is 0 Å². The minimum atomic E-state index is -0.667. The summed E-state index contributed by atoms with van der Waals surface area (Å²) in [6.07, 6.45) is 2.48. The van der Waals surface area contributed by atoms with Gasteiger partial charge in [-0.1, -0.05) is 50.9 Å². The van der Waals surface area contributed by atoms with E-state index in [1.165, 1.54) is 6.07 Å². The van der Waals surface area contributed by atoms with E-state index in [2.05, 4.69) is 10.6 Å². The molecule has 6 nitrogen and oxygen atoms in total. The van der Waals surface area contributed by atoms with Crippen molar-refractivity contribution in [2.24, 2.45) is 11.8 Å². The van der Waals surface area contributed by atoms with Gasteiger partial charge in [0.2, 0.25) is 11.8 Å². The third-order valence-electron chi connectivity index (χ3n) is 5.28. The fourth-order valence-corrected chi connectivity index (χ4v) is 4.16. The lowest BCUT2D eigenvalue weighted by Gasteiger charge is -2.33. The molecule has 0 spiro atoms. The molecule has 1 atom stereocenters. The van der Waals surface area contributed by atoms with Gasteiger partial charge in [-0.25, -0.2) is 0 Å². The average molecular weight is 470 g/mol. The van der Waals surface area contributed by atoms with Gasteiger partial charge in [-0.2, -0.15) is 0 Å². The van der Waals surface area contributed by atoms with E-state index < -0.39 is 11.9 Å². The van der Waals surface area contributed by atoms with Crippen molar-refractivity contribution in [2.75, 3.05) is 13.1 Å². The molecule has 1 fully saturated rings. The monoisotopic (exact) mass is 469 g/mol. The maximum absolute atomic E-state index is 13.0. The lowest BCUT2D eigenvalue weighted by Crippen LogP contribution is -2.53. The van der Waals surface area contributed by atoms with Crippen molar-refractivity contribution in [3.8, 4) is 0 Å². The summed E-state index contributed by atoms with van der Waals surface area (Å²) in [7, 11) is 0. The average Bonchev–Trinajstić information content (AvgIpc) is 2.67. The standard InChI is InChI=1S/C23H33Cl2N3O3/c1-14(2)11-20(27-22(30)18-6-5-16(24)13-19(18)25)23(31)26-17-7-9-28(10-8-17)21(29)12-15(3)4/h5-6,13-15,17,20H,7-12H2,1-4H3,(H,26,31)(H,27,30). The summed E-state index contributed by atoms with van der Waals surface area (Å²) in [5.41, 5.74) is 0.282. The molecule has 0 aromatic heterocycles. The van der Waals surface area contributed by atoms with Crippen molar-refractivity contribution in [1.82, 2.24) is 15.5 Å². The summed E-state index contributed by atoms with van der Waals surface area (Å²) in [6, 6.07) is 3.97. The van der Waals surface area contributed by atoms with Gasteiger partial charge in [0.1, 0.15) is 6.04 Å². The number of hydrogen-bond acceptors (Lipinski definition) is 3. The predicted octanol–water partition coefficient (Wildman–Crippen LogP) is 4.29. The summed E-state index contributed by atoms with van der Waals surface area (Å²) >= 11 is 12.0. The van der Waals surface area contributed by atoms with Crippen molar-refractivity contribution in [3.63, 3.8) is 0 Å². The highest BCUT2D eigenvalue weighted by atomic mass is 35.5. The van der Waals surface area contributed by atoms with Gasteiger partial charge in [-0.15, -0.1) is 0 Å². The Hall–Kier alpha value is -1.79. The first kappa shape index (κ1) is 25.5. The van der Waals surface area contributed by atoms with Crippen LogP contribution in [-0.4, -0.2) is 47.8 Å². The summed E-state index contributed by atoms with van der Waals surface area (Å²) in [5.74, 6) is 0.104. The van der Waals surface area contributed by atoms with Crippen LogP contribution in [0.5, 0.6) is 0 Å². The zero-order chi connectivity index (χ0) is 23.1. The Balaban J connectivity index is 1.96. The minimum Gasteiger partial charge on any atom is -0.351 e. The van der Waals surface area contributed by atoms with Crippen LogP contribution in [-0.2, 0) is 9.59 Å². The van der Waals surface area contributed by atoms with Crippen LogP contribution in [0.15, 0.2) is 18.2 Å². The van der Waals surface area contributed by atoms with Gasteiger partial charge in [-0.3, -0.25) is 14.4 Å². The number of carbonyl (C=O) groups is 3. The van der Waals surface area contributed by atoms with Crippen LogP contribution in [0, 0.1) is 11.8 Å². The van der Waals surface area contributed by atoms with Crippen LogP contribution >= 0.6 is 23.2 Å². The number of halogens is 2. The Kier molecular flexibility index (Phi) is 9.63. The molecule has 0 aliphatic carbocycles. The van der Waals surface area contributed by atoms with Crippen LogP contribution in [0.1, 0.15) is 63.7 Å². The maximum Gasteiger partial charge on any atom is 0.253 e. The molecule has 172 valence electrons. The van der Waals surface area contributed by atoms with Gasteiger partial charge in [-0.05, 0) is 49.3 Å². The number of nitrogens with zero attached hydrogens (tertiary/aromatic N) is 1. The number of piperidine rings is 1. The van der Waals surface area contributed by atoms with E-state index in [0.717, 1.165) is 0 Å². The zero-order valence-corrected chi connectivity index (χ0v) is 20.2. The fourth-order valence-electron chi connectivity index (χ4n) is 3.67. The molecule has 8 heteroatoms. The number of benzene rings is 1. The lowest BCUT2D eigenvalue weighted by molar-refractivity contribution is -0.133. The van der Waals surface area contributed by atoms with E-state index in [1.807, 2.05) is 32.6 Å². The van der Waals surface area contributed by atoms with Crippen molar-refractivity contribution in [2.45, 2.75) is 65.5 Å². The quantitative estimate of drug-likeness (QED) is 0.595. The number of hydrogen-bond donors (Lipinski definition) is 2. The van der Waals surface area contributed by atoms with Gasteiger partial charge in [0.05, 0.1) is 10.6 Å². The van der Waals surface area contributed by atoms with Crippen LogP contribution in [0.3, 0.4) is 0 Å². The molecule has 2 N–H and O–H groups in total. The molecule has 1 aromatic rings. The molecule has 1 aromatic carbocycles. The van der Waals surface area contributed by atoms with E-state index in [9.17, 15) is 14.4 Å². The molecule has 1 heterocycles. The zero-order valence-electron chi connectivity index (χ0n) is 18.7. The number of carbonyl (C=O) groups excluding carboxylic acids is 3. The first-order chi connectivity index (χ1) is 14.6. The molecule has 1 unspecified atom stereocenters. The molecule has 3 amide bonds. The molecule has 31 heavy (non-hydrogen) atoms. The van der Waals surface area contributed by atoms with Crippen molar-refractivity contribution < 1.29 is 14.4 Å². The van der Waals surface area contributed by atoms with Crippen LogP contribution < -0.4 is 10.6 Å². The number of amides is 3. The van der Waals surface area contributed by atoms with Gasteiger partial charge < -0.3 is 15.5 Å². The smallest absolute Gasteiger partial charge is 0.253 e. The maximum atomic E-state index is 13.0. The van der Waals surface area contributed by atoms with Crippen molar-refractivity contribution >= 4 is 40.9 Å². The Morgan fingerprint density at radius 3 is 2.26 bits per heavy atom. The molecular formula is C23H33Cl2N3O3. The normalized spacial score (nSPS) is 15.8. The van der Waals surface area contributed by atoms with Crippen LogP contribution in [0.2, 0.25) is 10.0 Å². The molecule has 1 saturated heterocycles. The topological polar surface area (TPSA) is 78.5 Å². The highest BCUT2D eigenvalue weighted by Gasteiger charge is 2.28. The second kappa shape index (κ2) is 11.7. The van der Waals surface area contributed by atoms with Crippen LogP contribution in [0.4, 0.5) is 0 Å². The fraction of sp³-hybridized carbons (Fsp3) is 0.609. The van der Waals surface area contributed by atoms with Crippen molar-refractivity contribution in [1.29, 1.82) is 0 Å². The summed E-state index contributed by atoms with van der Waals surface area (Å²) in [6.45, 7) is 9.34. The first-order valence-corrected chi connectivity index (χ1v) is 11.7. The van der Waals surface area contributed by atoms with E-state index in [0.29, 0.717) is 49.7 Å². The summed E-state index contributed by atoms with van der Waals surface area (Å²) in [4.78, 5) is 39.8. The van der Waals surface area contributed by atoms with E-state index in [-0.39, 0.29) is 34.4 Å².